The molecule has 0 bridgehead atoms. The summed E-state index contributed by atoms with van der Waals surface area (Å²) < 4.78 is 10.7. The summed E-state index contributed by atoms with van der Waals surface area (Å²) in [4.78, 5) is 23.6. The quantitative estimate of drug-likeness (QED) is 0.0463. The van der Waals surface area contributed by atoms with E-state index < -0.39 is 0 Å². The number of rotatable bonds is 32. The molecule has 0 saturated heterocycles. The van der Waals surface area contributed by atoms with Crippen LogP contribution >= 0.6 is 0 Å². The molecule has 0 spiro atoms. The molecular weight excluding hydrogens is 496 g/mol. The van der Waals surface area contributed by atoms with Gasteiger partial charge in [0, 0.05) is 12.8 Å². The van der Waals surface area contributed by atoms with Crippen LogP contribution in [0.5, 0.6) is 0 Å². The molecule has 0 radical (unpaired) electrons. The number of carbonyl (C=O) groups excluding carboxylic acids is 2. The second-order valence-electron chi connectivity index (χ2n) is 11.8. The summed E-state index contributed by atoms with van der Waals surface area (Å²) in [5, 5.41) is 0. The highest BCUT2D eigenvalue weighted by atomic mass is 16.5. The highest BCUT2D eigenvalue weighted by Crippen LogP contribution is 2.12. The Morgan fingerprint density at radius 2 is 0.700 bits per heavy atom. The van der Waals surface area contributed by atoms with Crippen LogP contribution in [0.4, 0.5) is 0 Å². The maximum Gasteiger partial charge on any atom is 0.305 e. The number of unbranched alkanes of at least 4 members (excludes halogenated alkanes) is 22. The summed E-state index contributed by atoms with van der Waals surface area (Å²) in [6.45, 7) is 5.68. The summed E-state index contributed by atoms with van der Waals surface area (Å²) >= 11 is 0. The molecule has 4 heteroatoms. The van der Waals surface area contributed by atoms with E-state index in [2.05, 4.69) is 26.0 Å². The van der Waals surface area contributed by atoms with Gasteiger partial charge in [0.1, 0.15) is 0 Å². The first-order valence-corrected chi connectivity index (χ1v) is 17.7. The van der Waals surface area contributed by atoms with Gasteiger partial charge >= 0.3 is 11.9 Å². The van der Waals surface area contributed by atoms with Crippen molar-refractivity contribution in [3.63, 3.8) is 0 Å². The Labute approximate surface area is 249 Å². The molecule has 0 aromatic rings. The molecule has 0 amide bonds. The Balaban J connectivity index is 3.25. The molecule has 236 valence electrons. The molecule has 0 N–H and O–H groups in total. The first-order valence-electron chi connectivity index (χ1n) is 17.7. The monoisotopic (exact) mass is 565 g/mol. The number of hydrogen-bond donors (Lipinski definition) is 0. The lowest BCUT2D eigenvalue weighted by Crippen LogP contribution is -2.05. The van der Waals surface area contributed by atoms with Gasteiger partial charge in [-0.05, 0) is 51.4 Å². The number of allylic oxidation sites excluding steroid dienone is 2. The van der Waals surface area contributed by atoms with Crippen molar-refractivity contribution < 1.29 is 19.1 Å². The van der Waals surface area contributed by atoms with Crippen LogP contribution in [0, 0.1) is 0 Å². The average Bonchev–Trinajstić information content (AvgIpc) is 2.95. The summed E-state index contributed by atoms with van der Waals surface area (Å²) in [7, 11) is 0. The van der Waals surface area contributed by atoms with Crippen LogP contribution in [-0.2, 0) is 19.1 Å². The van der Waals surface area contributed by atoms with E-state index in [1.165, 1.54) is 128 Å². The normalized spacial score (nSPS) is 11.3. The lowest BCUT2D eigenvalue weighted by atomic mass is 10.1. The minimum Gasteiger partial charge on any atom is -0.466 e. The summed E-state index contributed by atoms with van der Waals surface area (Å²) in [5.74, 6) is -0.0105. The predicted octanol–water partition coefficient (Wildman–Crippen LogP) is 11.6. The van der Waals surface area contributed by atoms with E-state index in [-0.39, 0.29) is 11.9 Å². The Morgan fingerprint density at radius 3 is 1.07 bits per heavy atom. The maximum absolute atomic E-state index is 11.8. The van der Waals surface area contributed by atoms with Crippen molar-refractivity contribution >= 4 is 11.9 Å². The second kappa shape index (κ2) is 33.9. The topological polar surface area (TPSA) is 52.6 Å². The van der Waals surface area contributed by atoms with Crippen LogP contribution < -0.4 is 0 Å². The number of carbonyl (C=O) groups is 2. The molecule has 40 heavy (non-hydrogen) atoms. The molecular formula is C36H68O4. The molecule has 4 nitrogen and oxygen atoms in total. The Bertz CT molecular complexity index is 557. The predicted molar refractivity (Wildman–Crippen MR) is 172 cm³/mol. The Morgan fingerprint density at radius 1 is 0.400 bits per heavy atom. The van der Waals surface area contributed by atoms with Gasteiger partial charge in [-0.2, -0.15) is 0 Å². The fourth-order valence-electron chi connectivity index (χ4n) is 4.99. The maximum atomic E-state index is 11.8. The summed E-state index contributed by atoms with van der Waals surface area (Å²) in [5.41, 5.74) is 0. The molecule has 0 aromatic heterocycles. The van der Waals surface area contributed by atoms with Crippen molar-refractivity contribution in [3.05, 3.63) is 12.2 Å². The first-order chi connectivity index (χ1) is 19.7. The van der Waals surface area contributed by atoms with Gasteiger partial charge in [-0.3, -0.25) is 9.59 Å². The summed E-state index contributed by atoms with van der Waals surface area (Å²) in [6.07, 6.45) is 37.4. The minimum absolute atomic E-state index is 0.00344. The molecule has 0 unspecified atom stereocenters. The zero-order chi connectivity index (χ0) is 29.2. The largest absolute Gasteiger partial charge is 0.466 e. The zero-order valence-corrected chi connectivity index (χ0v) is 27.0. The van der Waals surface area contributed by atoms with Gasteiger partial charge in [-0.15, -0.1) is 0 Å². The second-order valence-corrected chi connectivity index (χ2v) is 11.8. The van der Waals surface area contributed by atoms with Crippen molar-refractivity contribution in [2.45, 2.75) is 194 Å². The highest BCUT2D eigenvalue weighted by molar-refractivity contribution is 5.69. The van der Waals surface area contributed by atoms with E-state index in [1.807, 2.05) is 0 Å². The van der Waals surface area contributed by atoms with Gasteiger partial charge in [-0.1, -0.05) is 142 Å². The van der Waals surface area contributed by atoms with Gasteiger partial charge < -0.3 is 9.47 Å². The molecule has 0 aliphatic carbocycles. The molecule has 0 rings (SSSR count). The standard InChI is InChI=1S/C36H68O4/c1-3-5-7-9-25-29-33-39-35(37)31-27-23-21-19-17-15-13-11-12-14-16-18-20-22-24-28-32-36(38)40-34-30-26-10-8-6-4-2/h11,13H,3-10,12,14-34H2,1-2H3/b13-11+. The third kappa shape index (κ3) is 32.9. The first kappa shape index (κ1) is 38.7. The third-order valence-corrected chi connectivity index (χ3v) is 7.69. The van der Waals surface area contributed by atoms with Crippen LogP contribution in [0.15, 0.2) is 12.2 Å². The highest BCUT2D eigenvalue weighted by Gasteiger charge is 2.03. The van der Waals surface area contributed by atoms with Crippen molar-refractivity contribution in [2.24, 2.45) is 0 Å². The van der Waals surface area contributed by atoms with Gasteiger partial charge in [0.15, 0.2) is 0 Å². The fourth-order valence-corrected chi connectivity index (χ4v) is 4.99. The minimum atomic E-state index is -0.00701. The number of hydrogen-bond acceptors (Lipinski definition) is 4. The number of esters is 2. The van der Waals surface area contributed by atoms with E-state index in [4.69, 9.17) is 9.47 Å². The molecule has 0 aliphatic rings. The van der Waals surface area contributed by atoms with Crippen LogP contribution in [0.1, 0.15) is 194 Å². The molecule has 0 saturated carbocycles. The Hall–Kier alpha value is -1.32. The lowest BCUT2D eigenvalue weighted by molar-refractivity contribution is -0.144. The van der Waals surface area contributed by atoms with Crippen LogP contribution in [0.2, 0.25) is 0 Å². The average molecular weight is 565 g/mol. The fraction of sp³-hybridized carbons (Fsp3) is 0.889. The zero-order valence-electron chi connectivity index (χ0n) is 27.0. The van der Waals surface area contributed by atoms with Gasteiger partial charge in [0.2, 0.25) is 0 Å². The van der Waals surface area contributed by atoms with E-state index in [9.17, 15) is 9.59 Å². The lowest BCUT2D eigenvalue weighted by Gasteiger charge is -2.05. The smallest absolute Gasteiger partial charge is 0.305 e. The molecule has 0 atom stereocenters. The molecule has 0 aliphatic heterocycles. The van der Waals surface area contributed by atoms with Crippen molar-refractivity contribution in [1.82, 2.24) is 0 Å². The number of ether oxygens (including phenoxy) is 2. The van der Waals surface area contributed by atoms with Crippen molar-refractivity contribution in [1.29, 1.82) is 0 Å². The van der Waals surface area contributed by atoms with Gasteiger partial charge in [0.25, 0.3) is 0 Å². The van der Waals surface area contributed by atoms with E-state index in [0.29, 0.717) is 26.1 Å². The van der Waals surface area contributed by atoms with E-state index in [0.717, 1.165) is 38.5 Å². The van der Waals surface area contributed by atoms with Crippen molar-refractivity contribution in [2.75, 3.05) is 13.2 Å². The molecule has 0 aromatic carbocycles. The SMILES string of the molecule is CCCCCCCCOC(=O)CCCCCCC/C=C/CCCCCCCCCC(=O)OCCCCCCCC. The molecule has 0 fully saturated rings. The van der Waals surface area contributed by atoms with E-state index in [1.54, 1.807) is 0 Å². The summed E-state index contributed by atoms with van der Waals surface area (Å²) in [6, 6.07) is 0. The Kier molecular flexibility index (Phi) is 32.8. The van der Waals surface area contributed by atoms with Gasteiger partial charge in [0.05, 0.1) is 13.2 Å². The van der Waals surface area contributed by atoms with Gasteiger partial charge in [-0.25, -0.2) is 0 Å². The van der Waals surface area contributed by atoms with Crippen LogP contribution in [0.3, 0.4) is 0 Å². The van der Waals surface area contributed by atoms with Crippen molar-refractivity contribution in [3.8, 4) is 0 Å². The van der Waals surface area contributed by atoms with Crippen LogP contribution in [0.25, 0.3) is 0 Å². The third-order valence-electron chi connectivity index (χ3n) is 7.69. The van der Waals surface area contributed by atoms with E-state index >= 15 is 0 Å². The van der Waals surface area contributed by atoms with Crippen LogP contribution in [-0.4, -0.2) is 25.2 Å². The molecule has 0 heterocycles.